The third kappa shape index (κ3) is 2.92. The molecule has 0 aliphatic carbocycles. The van der Waals surface area contributed by atoms with E-state index in [9.17, 15) is 9.59 Å². The number of likely N-dealkylation sites (tertiary alicyclic amines) is 1. The summed E-state index contributed by atoms with van der Waals surface area (Å²) in [6, 6.07) is 12.8. The van der Waals surface area contributed by atoms with Crippen LogP contribution < -0.4 is 10.6 Å². The lowest BCUT2D eigenvalue weighted by molar-refractivity contribution is 0.0639. The molecule has 134 valence electrons. The van der Waals surface area contributed by atoms with E-state index in [1.54, 1.807) is 24.3 Å². The molecule has 2 aliphatic heterocycles. The Morgan fingerprint density at radius 2 is 1.77 bits per heavy atom. The van der Waals surface area contributed by atoms with Gasteiger partial charge in [0.2, 0.25) is 0 Å². The molecular formula is C20H20ClN3O2. The molecule has 2 N–H and O–H groups in total. The van der Waals surface area contributed by atoms with E-state index >= 15 is 0 Å². The molecule has 1 fully saturated rings. The van der Waals surface area contributed by atoms with E-state index in [0.717, 1.165) is 11.3 Å². The van der Waals surface area contributed by atoms with E-state index in [4.69, 9.17) is 11.6 Å². The lowest BCUT2D eigenvalue weighted by Gasteiger charge is -2.46. The molecule has 5 nitrogen and oxygen atoms in total. The first kappa shape index (κ1) is 16.9. The molecule has 2 aromatic rings. The highest BCUT2D eigenvalue weighted by Crippen LogP contribution is 2.33. The fourth-order valence-corrected chi connectivity index (χ4v) is 3.88. The Bertz CT molecular complexity index is 871. The highest BCUT2D eigenvalue weighted by atomic mass is 35.5. The lowest BCUT2D eigenvalue weighted by atomic mass is 9.91. The Morgan fingerprint density at radius 3 is 2.46 bits per heavy atom. The van der Waals surface area contributed by atoms with Gasteiger partial charge in [0.1, 0.15) is 5.66 Å². The van der Waals surface area contributed by atoms with Crippen LogP contribution >= 0.6 is 11.6 Å². The Labute approximate surface area is 157 Å². The zero-order chi connectivity index (χ0) is 18.3. The monoisotopic (exact) mass is 369 g/mol. The number of hydrogen-bond acceptors (Lipinski definition) is 3. The summed E-state index contributed by atoms with van der Waals surface area (Å²) in [5.41, 5.74) is 2.67. The van der Waals surface area contributed by atoms with Gasteiger partial charge in [-0.3, -0.25) is 9.59 Å². The minimum atomic E-state index is -0.491. The summed E-state index contributed by atoms with van der Waals surface area (Å²) in [6.07, 6.45) is 1.32. The van der Waals surface area contributed by atoms with Gasteiger partial charge in [-0.05, 0) is 42.8 Å². The van der Waals surface area contributed by atoms with Crippen LogP contribution in [0.4, 0.5) is 5.69 Å². The molecule has 2 aromatic carbocycles. The third-order valence-corrected chi connectivity index (χ3v) is 5.47. The molecule has 4 rings (SSSR count). The van der Waals surface area contributed by atoms with Crippen LogP contribution in [-0.2, 0) is 0 Å². The summed E-state index contributed by atoms with van der Waals surface area (Å²) < 4.78 is 0. The van der Waals surface area contributed by atoms with Crippen molar-refractivity contribution >= 4 is 29.1 Å². The van der Waals surface area contributed by atoms with Crippen molar-refractivity contribution in [3.05, 3.63) is 64.2 Å². The second kappa shape index (κ2) is 6.32. The average molecular weight is 370 g/mol. The highest BCUT2D eigenvalue weighted by Gasteiger charge is 2.41. The SMILES string of the molecule is Cc1cccc2c1C(=O)NC1(CCN(C(=O)c3ccc(Cl)cc3)CC1)N2. The number of rotatable bonds is 1. The van der Waals surface area contributed by atoms with Gasteiger partial charge in [-0.2, -0.15) is 0 Å². The molecule has 26 heavy (non-hydrogen) atoms. The van der Waals surface area contributed by atoms with Crippen LogP contribution in [0.3, 0.4) is 0 Å². The number of piperidine rings is 1. The maximum Gasteiger partial charge on any atom is 0.255 e. The fraction of sp³-hybridized carbons (Fsp3) is 0.300. The predicted octanol–water partition coefficient (Wildman–Crippen LogP) is 3.44. The molecule has 2 amide bonds. The molecule has 1 spiro atoms. The molecule has 0 bridgehead atoms. The average Bonchev–Trinajstić information content (AvgIpc) is 2.62. The zero-order valence-electron chi connectivity index (χ0n) is 14.5. The Morgan fingerprint density at radius 1 is 1.08 bits per heavy atom. The lowest BCUT2D eigenvalue weighted by Crippen LogP contribution is -2.62. The molecule has 0 saturated carbocycles. The summed E-state index contributed by atoms with van der Waals surface area (Å²) >= 11 is 5.89. The van der Waals surface area contributed by atoms with Crippen LogP contribution in [0, 0.1) is 6.92 Å². The zero-order valence-corrected chi connectivity index (χ0v) is 15.3. The second-order valence-corrected chi connectivity index (χ2v) is 7.39. The Balaban J connectivity index is 1.49. The van der Waals surface area contributed by atoms with E-state index in [1.807, 2.05) is 30.0 Å². The number of carbonyl (C=O) groups is 2. The molecule has 0 aromatic heterocycles. The van der Waals surface area contributed by atoms with Gasteiger partial charge in [0.15, 0.2) is 0 Å². The van der Waals surface area contributed by atoms with Gasteiger partial charge >= 0.3 is 0 Å². The molecule has 2 aliphatic rings. The van der Waals surface area contributed by atoms with Gasteiger partial charge in [0, 0.05) is 42.2 Å². The summed E-state index contributed by atoms with van der Waals surface area (Å²) in [4.78, 5) is 27.1. The number of aryl methyl sites for hydroxylation is 1. The molecular weight excluding hydrogens is 350 g/mol. The smallest absolute Gasteiger partial charge is 0.255 e. The van der Waals surface area contributed by atoms with Crippen LogP contribution in [0.1, 0.15) is 39.1 Å². The first-order chi connectivity index (χ1) is 12.5. The van der Waals surface area contributed by atoms with Gasteiger partial charge in [-0.25, -0.2) is 0 Å². The first-order valence-corrected chi connectivity index (χ1v) is 9.10. The summed E-state index contributed by atoms with van der Waals surface area (Å²) in [5, 5.41) is 7.25. The van der Waals surface area contributed by atoms with Gasteiger partial charge in [0.05, 0.1) is 5.56 Å². The van der Waals surface area contributed by atoms with Crippen molar-refractivity contribution in [1.82, 2.24) is 10.2 Å². The van der Waals surface area contributed by atoms with Crippen LogP contribution in [-0.4, -0.2) is 35.5 Å². The summed E-state index contributed by atoms with van der Waals surface area (Å²) in [5.74, 6) is -0.0516. The predicted molar refractivity (Wildman–Crippen MR) is 102 cm³/mol. The second-order valence-electron chi connectivity index (χ2n) is 6.96. The quantitative estimate of drug-likeness (QED) is 0.809. The largest absolute Gasteiger partial charge is 0.362 e. The molecule has 0 unspecified atom stereocenters. The first-order valence-electron chi connectivity index (χ1n) is 8.73. The fourth-order valence-electron chi connectivity index (χ4n) is 3.76. The number of hydrogen-bond donors (Lipinski definition) is 2. The number of nitrogens with one attached hydrogen (secondary N) is 2. The Kier molecular flexibility index (Phi) is 4.11. The third-order valence-electron chi connectivity index (χ3n) is 5.22. The number of amides is 2. The van der Waals surface area contributed by atoms with Crippen LogP contribution in [0.5, 0.6) is 0 Å². The van der Waals surface area contributed by atoms with Crippen molar-refractivity contribution in [2.24, 2.45) is 0 Å². The molecule has 0 radical (unpaired) electrons. The van der Waals surface area contributed by atoms with Crippen molar-refractivity contribution in [3.63, 3.8) is 0 Å². The number of anilines is 1. The van der Waals surface area contributed by atoms with Crippen molar-refractivity contribution in [2.75, 3.05) is 18.4 Å². The number of benzene rings is 2. The number of fused-ring (bicyclic) bond motifs is 1. The van der Waals surface area contributed by atoms with E-state index in [0.29, 0.717) is 42.1 Å². The van der Waals surface area contributed by atoms with E-state index in [2.05, 4.69) is 10.6 Å². The summed E-state index contributed by atoms with van der Waals surface area (Å²) in [7, 11) is 0. The van der Waals surface area contributed by atoms with E-state index in [1.165, 1.54) is 0 Å². The van der Waals surface area contributed by atoms with Gasteiger partial charge in [-0.15, -0.1) is 0 Å². The van der Waals surface area contributed by atoms with Crippen molar-refractivity contribution in [1.29, 1.82) is 0 Å². The van der Waals surface area contributed by atoms with E-state index < -0.39 is 5.66 Å². The van der Waals surface area contributed by atoms with Crippen LogP contribution in [0.2, 0.25) is 5.02 Å². The minimum Gasteiger partial charge on any atom is -0.362 e. The van der Waals surface area contributed by atoms with Crippen molar-refractivity contribution in [2.45, 2.75) is 25.4 Å². The normalized spacial score (nSPS) is 18.1. The number of halogens is 1. The summed E-state index contributed by atoms with van der Waals surface area (Å²) in [6.45, 7) is 3.09. The molecule has 6 heteroatoms. The Hall–Kier alpha value is -2.53. The maximum absolute atomic E-state index is 12.7. The van der Waals surface area contributed by atoms with Crippen LogP contribution in [0.15, 0.2) is 42.5 Å². The molecule has 2 heterocycles. The van der Waals surface area contributed by atoms with E-state index in [-0.39, 0.29) is 11.8 Å². The number of carbonyl (C=O) groups excluding carboxylic acids is 2. The van der Waals surface area contributed by atoms with Gasteiger partial charge in [0.25, 0.3) is 11.8 Å². The standard InChI is InChI=1S/C20H20ClN3O2/c1-13-3-2-4-16-17(13)18(25)23-20(22-16)9-11-24(12-10-20)19(26)14-5-7-15(21)8-6-14/h2-8,22H,9-12H2,1H3,(H,23,25). The highest BCUT2D eigenvalue weighted by molar-refractivity contribution is 6.30. The minimum absolute atomic E-state index is 0.00472. The molecule has 1 saturated heterocycles. The number of nitrogens with zero attached hydrogens (tertiary/aromatic N) is 1. The topological polar surface area (TPSA) is 61.4 Å². The van der Waals surface area contributed by atoms with Gasteiger partial charge in [-0.1, -0.05) is 23.7 Å². The van der Waals surface area contributed by atoms with Crippen molar-refractivity contribution < 1.29 is 9.59 Å². The van der Waals surface area contributed by atoms with Gasteiger partial charge < -0.3 is 15.5 Å². The van der Waals surface area contributed by atoms with Crippen LogP contribution in [0.25, 0.3) is 0 Å². The van der Waals surface area contributed by atoms with Crippen molar-refractivity contribution in [3.8, 4) is 0 Å². The molecule has 0 atom stereocenters. The maximum atomic E-state index is 12.7.